The standard InChI is InChI=1S/C25H27N7O2/c1-25(2,24(33)31-7-9-34-10-8-31)32-17-22(15-29-32)20-12-26-23(27-13-20)19-6-4-5-18(11-19)21-14-28-30(3)16-21/h4-6,11-17H,7-10H2,1-3H3. The molecule has 0 radical (unpaired) electrons. The Balaban J connectivity index is 1.35. The molecule has 9 heteroatoms. The van der Waals surface area contributed by atoms with E-state index >= 15 is 0 Å². The van der Waals surface area contributed by atoms with E-state index in [0.29, 0.717) is 32.1 Å². The lowest BCUT2D eigenvalue weighted by Gasteiger charge is -2.34. The lowest BCUT2D eigenvalue weighted by molar-refractivity contribution is -0.143. The number of morpholine rings is 1. The van der Waals surface area contributed by atoms with Crippen LogP contribution in [0.4, 0.5) is 0 Å². The van der Waals surface area contributed by atoms with Gasteiger partial charge >= 0.3 is 0 Å². The van der Waals surface area contributed by atoms with Crippen LogP contribution in [0.15, 0.2) is 61.4 Å². The van der Waals surface area contributed by atoms with E-state index < -0.39 is 5.54 Å². The Hall–Kier alpha value is -3.85. The Bertz CT molecular complexity index is 1300. The topological polar surface area (TPSA) is 91.0 Å². The summed E-state index contributed by atoms with van der Waals surface area (Å²) in [5, 5.41) is 8.73. The molecule has 9 nitrogen and oxygen atoms in total. The molecule has 0 unspecified atom stereocenters. The Morgan fingerprint density at radius 1 is 0.882 bits per heavy atom. The first kappa shape index (κ1) is 22.0. The van der Waals surface area contributed by atoms with Gasteiger partial charge in [-0.05, 0) is 25.5 Å². The van der Waals surface area contributed by atoms with Gasteiger partial charge in [0, 0.05) is 67.2 Å². The van der Waals surface area contributed by atoms with Gasteiger partial charge in [0.1, 0.15) is 5.54 Å². The van der Waals surface area contributed by atoms with E-state index in [1.807, 2.05) is 62.6 Å². The monoisotopic (exact) mass is 457 g/mol. The lowest BCUT2D eigenvalue weighted by Crippen LogP contribution is -2.51. The third-order valence-corrected chi connectivity index (χ3v) is 6.12. The highest BCUT2D eigenvalue weighted by Crippen LogP contribution is 2.26. The van der Waals surface area contributed by atoms with E-state index in [9.17, 15) is 4.79 Å². The van der Waals surface area contributed by atoms with Crippen LogP contribution in [0.2, 0.25) is 0 Å². The fourth-order valence-electron chi connectivity index (χ4n) is 4.06. The minimum Gasteiger partial charge on any atom is -0.378 e. The molecule has 1 aliphatic rings. The van der Waals surface area contributed by atoms with Gasteiger partial charge in [-0.1, -0.05) is 18.2 Å². The fraction of sp³-hybridized carbons (Fsp3) is 0.320. The Kier molecular flexibility index (Phi) is 5.70. The molecule has 0 spiro atoms. The Morgan fingerprint density at radius 2 is 1.56 bits per heavy atom. The SMILES string of the molecule is Cn1cc(-c2cccc(-c3ncc(-c4cnn(C(C)(C)C(=O)N5CCOCC5)c4)cn3)c2)cn1. The smallest absolute Gasteiger partial charge is 0.250 e. The highest BCUT2D eigenvalue weighted by Gasteiger charge is 2.35. The van der Waals surface area contributed by atoms with Crippen molar-refractivity contribution >= 4 is 5.91 Å². The second-order valence-corrected chi connectivity index (χ2v) is 8.92. The molecule has 0 atom stereocenters. The van der Waals surface area contributed by atoms with Gasteiger partial charge < -0.3 is 9.64 Å². The van der Waals surface area contributed by atoms with E-state index in [1.165, 1.54) is 0 Å². The molecule has 1 aliphatic heterocycles. The largest absolute Gasteiger partial charge is 0.378 e. The van der Waals surface area contributed by atoms with Crippen LogP contribution in [-0.4, -0.2) is 66.6 Å². The molecule has 0 saturated carbocycles. The van der Waals surface area contributed by atoms with Crippen LogP contribution in [0.3, 0.4) is 0 Å². The van der Waals surface area contributed by atoms with Gasteiger partial charge in [-0.3, -0.25) is 14.2 Å². The average Bonchev–Trinajstić information content (AvgIpc) is 3.54. The van der Waals surface area contributed by atoms with Crippen LogP contribution in [0.25, 0.3) is 33.6 Å². The van der Waals surface area contributed by atoms with E-state index in [0.717, 1.165) is 27.8 Å². The van der Waals surface area contributed by atoms with Crippen LogP contribution in [0, 0.1) is 0 Å². The number of hydrogen-bond acceptors (Lipinski definition) is 6. The first-order valence-corrected chi connectivity index (χ1v) is 11.3. The normalized spacial score (nSPS) is 14.4. The first-order valence-electron chi connectivity index (χ1n) is 11.3. The Morgan fingerprint density at radius 3 is 2.26 bits per heavy atom. The van der Waals surface area contributed by atoms with Crippen molar-refractivity contribution in [2.45, 2.75) is 19.4 Å². The van der Waals surface area contributed by atoms with Gasteiger partial charge in [0.2, 0.25) is 5.91 Å². The molecule has 5 rings (SSSR count). The summed E-state index contributed by atoms with van der Waals surface area (Å²) in [7, 11) is 1.90. The second kappa shape index (κ2) is 8.83. The molecule has 0 N–H and O–H groups in total. The molecule has 1 saturated heterocycles. The maximum atomic E-state index is 13.1. The number of benzene rings is 1. The number of rotatable bonds is 5. The lowest BCUT2D eigenvalue weighted by atomic mass is 10.0. The summed E-state index contributed by atoms with van der Waals surface area (Å²) in [6.07, 6.45) is 11.0. The molecule has 4 heterocycles. The van der Waals surface area contributed by atoms with Crippen molar-refractivity contribution < 1.29 is 9.53 Å². The third-order valence-electron chi connectivity index (χ3n) is 6.12. The van der Waals surface area contributed by atoms with Crippen LogP contribution in [0.5, 0.6) is 0 Å². The number of aryl methyl sites for hydroxylation is 1. The summed E-state index contributed by atoms with van der Waals surface area (Å²) in [6, 6.07) is 8.09. The number of ether oxygens (including phenoxy) is 1. The minimum atomic E-state index is -0.802. The summed E-state index contributed by atoms with van der Waals surface area (Å²) in [5.41, 5.74) is 3.94. The van der Waals surface area contributed by atoms with E-state index in [1.54, 1.807) is 28.0 Å². The summed E-state index contributed by atoms with van der Waals surface area (Å²) >= 11 is 0. The van der Waals surface area contributed by atoms with Crippen molar-refractivity contribution in [2.75, 3.05) is 26.3 Å². The van der Waals surface area contributed by atoms with Crippen molar-refractivity contribution in [3.8, 4) is 33.6 Å². The summed E-state index contributed by atoms with van der Waals surface area (Å²) in [6.45, 7) is 6.12. The van der Waals surface area contributed by atoms with Gasteiger partial charge in [0.15, 0.2) is 5.82 Å². The number of hydrogen-bond donors (Lipinski definition) is 0. The molecular formula is C25H27N7O2. The van der Waals surface area contributed by atoms with Gasteiger partial charge in [-0.25, -0.2) is 9.97 Å². The highest BCUT2D eigenvalue weighted by molar-refractivity contribution is 5.84. The van der Waals surface area contributed by atoms with E-state index in [2.05, 4.69) is 26.2 Å². The van der Waals surface area contributed by atoms with Crippen LogP contribution >= 0.6 is 0 Å². The Labute approximate surface area is 198 Å². The number of amides is 1. The minimum absolute atomic E-state index is 0.0329. The van der Waals surface area contributed by atoms with Crippen LogP contribution in [0.1, 0.15) is 13.8 Å². The molecule has 1 fully saturated rings. The fourth-order valence-corrected chi connectivity index (χ4v) is 4.06. The maximum Gasteiger partial charge on any atom is 0.250 e. The molecular weight excluding hydrogens is 430 g/mol. The zero-order valence-corrected chi connectivity index (χ0v) is 19.5. The van der Waals surface area contributed by atoms with Gasteiger partial charge in [0.05, 0.1) is 25.6 Å². The van der Waals surface area contributed by atoms with Crippen molar-refractivity contribution in [1.82, 2.24) is 34.4 Å². The van der Waals surface area contributed by atoms with Crippen molar-refractivity contribution in [3.63, 3.8) is 0 Å². The third kappa shape index (κ3) is 4.22. The number of nitrogens with zero attached hydrogens (tertiary/aromatic N) is 7. The summed E-state index contributed by atoms with van der Waals surface area (Å²) < 4.78 is 8.86. The maximum absolute atomic E-state index is 13.1. The number of carbonyl (C=O) groups is 1. The first-order chi connectivity index (χ1) is 16.4. The molecule has 3 aromatic heterocycles. The van der Waals surface area contributed by atoms with Gasteiger partial charge in [0.25, 0.3) is 0 Å². The van der Waals surface area contributed by atoms with Crippen molar-refractivity contribution in [2.24, 2.45) is 7.05 Å². The summed E-state index contributed by atoms with van der Waals surface area (Å²) in [4.78, 5) is 24.1. The van der Waals surface area contributed by atoms with E-state index in [-0.39, 0.29) is 5.91 Å². The summed E-state index contributed by atoms with van der Waals surface area (Å²) in [5.74, 6) is 0.676. The molecule has 0 aliphatic carbocycles. The van der Waals surface area contributed by atoms with Crippen molar-refractivity contribution in [1.29, 1.82) is 0 Å². The average molecular weight is 458 g/mol. The highest BCUT2D eigenvalue weighted by atomic mass is 16.5. The van der Waals surface area contributed by atoms with Gasteiger partial charge in [-0.15, -0.1) is 0 Å². The zero-order chi connectivity index (χ0) is 23.7. The number of aromatic nitrogens is 6. The predicted molar refractivity (Wildman–Crippen MR) is 128 cm³/mol. The molecule has 34 heavy (non-hydrogen) atoms. The molecule has 0 bridgehead atoms. The zero-order valence-electron chi connectivity index (χ0n) is 19.5. The van der Waals surface area contributed by atoms with E-state index in [4.69, 9.17) is 4.74 Å². The predicted octanol–water partition coefficient (Wildman–Crippen LogP) is 3.00. The second-order valence-electron chi connectivity index (χ2n) is 8.92. The number of carbonyl (C=O) groups excluding carboxylic acids is 1. The van der Waals surface area contributed by atoms with Crippen LogP contribution < -0.4 is 0 Å². The van der Waals surface area contributed by atoms with Gasteiger partial charge in [-0.2, -0.15) is 10.2 Å². The molecule has 1 amide bonds. The quantitative estimate of drug-likeness (QED) is 0.458. The molecule has 1 aromatic carbocycles. The molecule has 174 valence electrons. The molecule has 4 aromatic rings. The van der Waals surface area contributed by atoms with Crippen molar-refractivity contribution in [3.05, 3.63) is 61.4 Å². The van der Waals surface area contributed by atoms with Crippen LogP contribution in [-0.2, 0) is 22.1 Å².